The maximum absolute atomic E-state index is 6.19. The fourth-order valence-electron chi connectivity index (χ4n) is 2.30. The molecule has 0 saturated heterocycles. The van der Waals surface area contributed by atoms with Gasteiger partial charge in [0.25, 0.3) is 0 Å². The molecule has 1 N–H and O–H groups in total. The van der Waals surface area contributed by atoms with Crippen LogP contribution in [0, 0.1) is 0 Å². The minimum atomic E-state index is 0.205. The summed E-state index contributed by atoms with van der Waals surface area (Å²) < 4.78 is 10.7. The molecule has 0 amide bonds. The third-order valence-corrected chi connectivity index (χ3v) is 4.89. The normalized spacial score (nSPS) is 12.6. The molecular weight excluding hydrogens is 369 g/mol. The average molecular weight is 380 g/mol. The predicted octanol–water partition coefficient (Wildman–Crippen LogP) is 4.80. The number of rotatable bonds is 4. The molecule has 24 heavy (non-hydrogen) atoms. The van der Waals surface area contributed by atoms with Gasteiger partial charge in [0.1, 0.15) is 0 Å². The summed E-state index contributed by atoms with van der Waals surface area (Å²) in [4.78, 5) is 4.48. The van der Waals surface area contributed by atoms with E-state index in [9.17, 15) is 0 Å². The van der Waals surface area contributed by atoms with Gasteiger partial charge >= 0.3 is 0 Å². The Bertz CT molecular complexity index is 884. The van der Waals surface area contributed by atoms with Crippen molar-refractivity contribution in [1.29, 1.82) is 0 Å². The Balaban J connectivity index is 1.47. The van der Waals surface area contributed by atoms with Crippen LogP contribution in [0.15, 0.2) is 41.6 Å². The van der Waals surface area contributed by atoms with Gasteiger partial charge in [-0.2, -0.15) is 0 Å². The van der Waals surface area contributed by atoms with E-state index in [4.69, 9.17) is 32.7 Å². The fraction of sp³-hybridized carbons (Fsp3) is 0.125. The van der Waals surface area contributed by atoms with Crippen molar-refractivity contribution in [3.05, 3.63) is 52.0 Å². The zero-order valence-electron chi connectivity index (χ0n) is 12.3. The molecule has 1 aliphatic rings. The predicted molar refractivity (Wildman–Crippen MR) is 94.0 cm³/mol. The lowest BCUT2D eigenvalue weighted by Crippen LogP contribution is -1.93. The van der Waals surface area contributed by atoms with Crippen LogP contribution in [-0.2, 0) is 5.75 Å². The number of ether oxygens (including phenoxy) is 2. The highest BCUT2D eigenvalue weighted by molar-refractivity contribution is 7.98. The molecule has 0 aliphatic carbocycles. The zero-order chi connectivity index (χ0) is 16.5. The van der Waals surface area contributed by atoms with Crippen molar-refractivity contribution < 1.29 is 9.47 Å². The number of fused-ring (bicyclic) bond motifs is 1. The van der Waals surface area contributed by atoms with Crippen molar-refractivity contribution >= 4 is 35.0 Å². The lowest BCUT2D eigenvalue weighted by molar-refractivity contribution is 0.174. The van der Waals surface area contributed by atoms with Crippen LogP contribution in [0.2, 0.25) is 10.0 Å². The third kappa shape index (κ3) is 3.17. The number of aromatic amines is 1. The molecule has 0 atom stereocenters. The first-order valence-electron chi connectivity index (χ1n) is 7.08. The van der Waals surface area contributed by atoms with Gasteiger partial charge < -0.3 is 9.47 Å². The lowest BCUT2D eigenvalue weighted by Gasteiger charge is -2.03. The number of H-pyrrole nitrogens is 1. The Morgan fingerprint density at radius 1 is 1.12 bits per heavy atom. The minimum Gasteiger partial charge on any atom is -0.454 e. The molecule has 0 saturated carbocycles. The van der Waals surface area contributed by atoms with Crippen LogP contribution in [0.1, 0.15) is 5.56 Å². The van der Waals surface area contributed by atoms with E-state index in [2.05, 4.69) is 15.2 Å². The maximum atomic E-state index is 6.19. The standard InChI is InChI=1S/C16H11Cl2N3O2S/c17-11-3-1-10(2-4-11)15-19-16(21-20-15)24-7-9-5-12(18)14-13(6-9)22-8-23-14/h1-6H,7-8H2,(H,19,20,21). The van der Waals surface area contributed by atoms with E-state index < -0.39 is 0 Å². The number of hydrogen-bond acceptors (Lipinski definition) is 5. The highest BCUT2D eigenvalue weighted by Crippen LogP contribution is 2.40. The van der Waals surface area contributed by atoms with Crippen LogP contribution in [0.3, 0.4) is 0 Å². The summed E-state index contributed by atoms with van der Waals surface area (Å²) in [5.74, 6) is 2.66. The quantitative estimate of drug-likeness (QED) is 0.659. The van der Waals surface area contributed by atoms with E-state index >= 15 is 0 Å². The summed E-state index contributed by atoms with van der Waals surface area (Å²) in [6, 6.07) is 11.2. The molecule has 4 rings (SSSR count). The Morgan fingerprint density at radius 2 is 1.96 bits per heavy atom. The number of nitrogens with zero attached hydrogens (tertiary/aromatic N) is 2. The number of aromatic nitrogens is 3. The molecule has 0 bridgehead atoms. The summed E-state index contributed by atoms with van der Waals surface area (Å²) in [7, 11) is 0. The van der Waals surface area contributed by atoms with Crippen LogP contribution in [-0.4, -0.2) is 22.0 Å². The van der Waals surface area contributed by atoms with E-state index in [1.54, 1.807) is 0 Å². The number of nitrogens with one attached hydrogen (secondary N) is 1. The van der Waals surface area contributed by atoms with Crippen LogP contribution in [0.4, 0.5) is 0 Å². The topological polar surface area (TPSA) is 60.0 Å². The summed E-state index contributed by atoms with van der Waals surface area (Å²) in [6.07, 6.45) is 0. The van der Waals surface area contributed by atoms with Gasteiger partial charge in [0.2, 0.25) is 11.9 Å². The lowest BCUT2D eigenvalue weighted by atomic mass is 10.2. The van der Waals surface area contributed by atoms with Crippen molar-refractivity contribution in [2.45, 2.75) is 10.9 Å². The molecule has 2 aromatic carbocycles. The van der Waals surface area contributed by atoms with Crippen molar-refractivity contribution in [3.8, 4) is 22.9 Å². The molecule has 8 heteroatoms. The molecule has 3 aromatic rings. The molecule has 1 aliphatic heterocycles. The Kier molecular flexibility index (Phi) is 4.26. The highest BCUT2D eigenvalue weighted by Gasteiger charge is 2.18. The first-order valence-corrected chi connectivity index (χ1v) is 8.82. The first-order chi connectivity index (χ1) is 11.7. The van der Waals surface area contributed by atoms with Gasteiger partial charge in [-0.1, -0.05) is 35.0 Å². The van der Waals surface area contributed by atoms with Crippen LogP contribution in [0.25, 0.3) is 11.4 Å². The molecule has 0 fully saturated rings. The number of thioether (sulfide) groups is 1. The average Bonchev–Trinajstić information content (AvgIpc) is 3.23. The van der Waals surface area contributed by atoms with Gasteiger partial charge in [-0.05, 0) is 42.0 Å². The van der Waals surface area contributed by atoms with E-state index in [0.29, 0.717) is 38.3 Å². The van der Waals surface area contributed by atoms with E-state index in [1.165, 1.54) is 11.8 Å². The summed E-state index contributed by atoms with van der Waals surface area (Å²) >= 11 is 13.6. The van der Waals surface area contributed by atoms with E-state index in [0.717, 1.165) is 11.1 Å². The van der Waals surface area contributed by atoms with Gasteiger partial charge in [-0.3, -0.25) is 5.10 Å². The summed E-state index contributed by atoms with van der Waals surface area (Å²) in [5, 5.41) is 9.07. The van der Waals surface area contributed by atoms with Gasteiger partial charge in [-0.15, -0.1) is 5.10 Å². The Morgan fingerprint density at radius 3 is 2.79 bits per heavy atom. The summed E-state index contributed by atoms with van der Waals surface area (Å²) in [5.41, 5.74) is 1.96. The van der Waals surface area contributed by atoms with Gasteiger partial charge in [0, 0.05) is 16.3 Å². The summed E-state index contributed by atoms with van der Waals surface area (Å²) in [6.45, 7) is 0.205. The molecule has 2 heterocycles. The van der Waals surface area contributed by atoms with Crippen molar-refractivity contribution in [3.63, 3.8) is 0 Å². The largest absolute Gasteiger partial charge is 0.454 e. The number of hydrogen-bond donors (Lipinski definition) is 1. The monoisotopic (exact) mass is 379 g/mol. The third-order valence-electron chi connectivity index (χ3n) is 3.44. The maximum Gasteiger partial charge on any atom is 0.231 e. The molecule has 0 radical (unpaired) electrons. The van der Waals surface area contributed by atoms with E-state index in [1.807, 2.05) is 36.4 Å². The number of benzene rings is 2. The fourth-order valence-corrected chi connectivity index (χ4v) is 3.44. The molecule has 1 aromatic heterocycles. The SMILES string of the molecule is Clc1ccc(-c2nc(SCc3cc(Cl)c4c(c3)OCO4)n[nH]2)cc1. The minimum absolute atomic E-state index is 0.205. The van der Waals surface area contributed by atoms with Crippen LogP contribution in [0.5, 0.6) is 11.5 Å². The van der Waals surface area contributed by atoms with Crippen molar-refractivity contribution in [1.82, 2.24) is 15.2 Å². The Hall–Kier alpha value is -1.89. The van der Waals surface area contributed by atoms with Gasteiger partial charge in [-0.25, -0.2) is 4.98 Å². The van der Waals surface area contributed by atoms with Crippen LogP contribution >= 0.6 is 35.0 Å². The zero-order valence-corrected chi connectivity index (χ0v) is 14.6. The van der Waals surface area contributed by atoms with Crippen molar-refractivity contribution in [2.75, 3.05) is 6.79 Å². The molecule has 5 nitrogen and oxygen atoms in total. The molecule has 0 unspecified atom stereocenters. The van der Waals surface area contributed by atoms with E-state index in [-0.39, 0.29) is 6.79 Å². The molecule has 0 spiro atoms. The molecular formula is C16H11Cl2N3O2S. The second-order valence-electron chi connectivity index (χ2n) is 5.07. The van der Waals surface area contributed by atoms with Crippen LogP contribution < -0.4 is 9.47 Å². The smallest absolute Gasteiger partial charge is 0.231 e. The second-order valence-corrected chi connectivity index (χ2v) is 6.86. The second kappa shape index (κ2) is 6.55. The first kappa shape index (κ1) is 15.6. The van der Waals surface area contributed by atoms with Gasteiger partial charge in [0.05, 0.1) is 5.02 Å². The molecule has 122 valence electrons. The highest BCUT2D eigenvalue weighted by atomic mass is 35.5. The van der Waals surface area contributed by atoms with Gasteiger partial charge in [0.15, 0.2) is 17.3 Å². The van der Waals surface area contributed by atoms with Crippen molar-refractivity contribution in [2.24, 2.45) is 0 Å². The Labute approximate surface area is 152 Å². The number of halogens is 2.